The predicted octanol–water partition coefficient (Wildman–Crippen LogP) is 12.0. The maximum atomic E-state index is 5.21. The summed E-state index contributed by atoms with van der Waals surface area (Å²) in [6.07, 6.45) is 0. The van der Waals surface area contributed by atoms with Crippen LogP contribution in [0.3, 0.4) is 0 Å². The summed E-state index contributed by atoms with van der Waals surface area (Å²) < 4.78 is 2.47. The molecule has 0 N–H and O–H groups in total. The summed E-state index contributed by atoms with van der Waals surface area (Å²) >= 11 is 0. The van der Waals surface area contributed by atoms with E-state index >= 15 is 0 Å². The zero-order chi connectivity index (χ0) is 32.3. The fourth-order valence-electron chi connectivity index (χ4n) is 7.50. The second-order valence-corrected chi connectivity index (χ2v) is 12.6. The van der Waals surface area contributed by atoms with Crippen LogP contribution in [0.25, 0.3) is 93.7 Å². The minimum atomic E-state index is 0.710. The van der Waals surface area contributed by atoms with Gasteiger partial charge in [0.25, 0.3) is 0 Å². The second kappa shape index (κ2) is 11.0. The molecule has 3 nitrogen and oxygen atoms in total. The van der Waals surface area contributed by atoms with E-state index < -0.39 is 0 Å². The summed E-state index contributed by atoms with van der Waals surface area (Å²) in [7, 11) is 0. The molecule has 0 radical (unpaired) electrons. The molecular weight excluding hydrogens is 595 g/mol. The van der Waals surface area contributed by atoms with Gasteiger partial charge in [0.05, 0.1) is 28.1 Å². The topological polar surface area (TPSA) is 30.7 Å². The lowest BCUT2D eigenvalue weighted by Gasteiger charge is -2.15. The molecule has 0 bridgehead atoms. The van der Waals surface area contributed by atoms with Crippen molar-refractivity contribution in [3.05, 3.63) is 176 Å². The van der Waals surface area contributed by atoms with Gasteiger partial charge < -0.3 is 4.57 Å². The smallest absolute Gasteiger partial charge is 0.160 e. The summed E-state index contributed by atoms with van der Waals surface area (Å²) in [4.78, 5) is 10.3. The average molecular weight is 624 g/mol. The molecule has 3 heteroatoms. The van der Waals surface area contributed by atoms with Gasteiger partial charge in [0, 0.05) is 32.8 Å². The highest BCUT2D eigenvalue weighted by atomic mass is 15.0. The molecule has 0 unspecified atom stereocenters. The van der Waals surface area contributed by atoms with Crippen molar-refractivity contribution in [2.75, 3.05) is 0 Å². The molecule has 0 aliphatic carbocycles. The van der Waals surface area contributed by atoms with Gasteiger partial charge in [0.2, 0.25) is 0 Å². The average Bonchev–Trinajstić information content (AvgIpc) is 3.53. The van der Waals surface area contributed by atoms with E-state index in [4.69, 9.17) is 9.97 Å². The third-order valence-corrected chi connectivity index (χ3v) is 9.75. The lowest BCUT2D eigenvalue weighted by Crippen LogP contribution is -1.99. The predicted molar refractivity (Wildman–Crippen MR) is 205 cm³/mol. The Hall–Kier alpha value is -6.58. The van der Waals surface area contributed by atoms with Crippen molar-refractivity contribution >= 4 is 54.1 Å². The van der Waals surface area contributed by atoms with Crippen LogP contribution in [0.15, 0.2) is 176 Å². The maximum Gasteiger partial charge on any atom is 0.160 e. The van der Waals surface area contributed by atoms with Crippen LogP contribution in [0.1, 0.15) is 0 Å². The molecule has 0 aliphatic rings. The molecule has 0 saturated heterocycles. The van der Waals surface area contributed by atoms with Crippen LogP contribution in [0.4, 0.5) is 0 Å². The Labute approximate surface area is 283 Å². The summed E-state index contributed by atoms with van der Waals surface area (Å²) in [6, 6.07) is 62.6. The molecule has 49 heavy (non-hydrogen) atoms. The SMILES string of the molecule is c1ccc(-c2cc(-c3cc(-n4c5ccc6ccccc6c5c5c6ccccc6ccc54)c4ccccc4c3)nc(-c3ccccc3)n2)cc1. The van der Waals surface area contributed by atoms with Crippen molar-refractivity contribution in [1.29, 1.82) is 0 Å². The molecule has 0 saturated carbocycles. The van der Waals surface area contributed by atoms with E-state index in [-0.39, 0.29) is 0 Å². The van der Waals surface area contributed by atoms with Crippen molar-refractivity contribution in [2.45, 2.75) is 0 Å². The zero-order valence-electron chi connectivity index (χ0n) is 26.6. The molecule has 0 atom stereocenters. The Morgan fingerprint density at radius 1 is 0.347 bits per heavy atom. The summed E-state index contributed by atoms with van der Waals surface area (Å²) in [5.41, 5.74) is 8.37. The molecule has 10 rings (SSSR count). The van der Waals surface area contributed by atoms with Gasteiger partial charge in [-0.2, -0.15) is 0 Å². The van der Waals surface area contributed by atoms with Gasteiger partial charge in [-0.1, -0.05) is 146 Å². The van der Waals surface area contributed by atoms with E-state index in [1.807, 2.05) is 24.3 Å². The first-order valence-corrected chi connectivity index (χ1v) is 16.7. The normalized spacial score (nSPS) is 11.7. The van der Waals surface area contributed by atoms with Gasteiger partial charge in [0.15, 0.2) is 5.82 Å². The van der Waals surface area contributed by atoms with Crippen LogP contribution in [-0.4, -0.2) is 14.5 Å². The third-order valence-electron chi connectivity index (χ3n) is 9.75. The fraction of sp³-hybridized carbons (Fsp3) is 0. The van der Waals surface area contributed by atoms with Crippen molar-refractivity contribution in [2.24, 2.45) is 0 Å². The molecule has 0 amide bonds. The minimum absolute atomic E-state index is 0.710. The molecule has 8 aromatic carbocycles. The first kappa shape index (κ1) is 27.5. The number of hydrogen-bond acceptors (Lipinski definition) is 2. The number of rotatable bonds is 4. The summed E-state index contributed by atoms with van der Waals surface area (Å²) in [6.45, 7) is 0. The molecule has 0 aliphatic heterocycles. The largest absolute Gasteiger partial charge is 0.309 e. The minimum Gasteiger partial charge on any atom is -0.309 e. The quantitative estimate of drug-likeness (QED) is 0.195. The van der Waals surface area contributed by atoms with E-state index in [2.05, 4.69) is 156 Å². The van der Waals surface area contributed by atoms with Crippen LogP contribution >= 0.6 is 0 Å². The van der Waals surface area contributed by atoms with E-state index in [9.17, 15) is 0 Å². The zero-order valence-corrected chi connectivity index (χ0v) is 26.6. The molecule has 10 aromatic rings. The number of benzene rings is 8. The molecule has 228 valence electrons. The summed E-state index contributed by atoms with van der Waals surface area (Å²) in [5.74, 6) is 0.710. The number of hydrogen-bond donors (Lipinski definition) is 0. The summed E-state index contributed by atoms with van der Waals surface area (Å²) in [5, 5.41) is 9.90. The lowest BCUT2D eigenvalue weighted by molar-refractivity contribution is 1.17. The number of aromatic nitrogens is 3. The van der Waals surface area contributed by atoms with Crippen molar-refractivity contribution < 1.29 is 0 Å². The van der Waals surface area contributed by atoms with Crippen molar-refractivity contribution in [3.8, 4) is 39.6 Å². The molecular formula is C46H29N3. The Balaban J connectivity index is 1.31. The standard InChI is InChI=1S/C46H29N3/c1-3-15-32(16-4-1)39-29-40(48-46(47-39)33-17-5-2-6-18-33)35-27-34-19-9-10-20-36(34)43(28-35)49-41-25-23-30-13-7-11-21-37(30)44(41)45-38-22-12-8-14-31(38)24-26-42(45)49/h1-29H. The van der Waals surface area contributed by atoms with Crippen LogP contribution in [-0.2, 0) is 0 Å². The van der Waals surface area contributed by atoms with Crippen molar-refractivity contribution in [3.63, 3.8) is 0 Å². The first-order chi connectivity index (χ1) is 24.3. The van der Waals surface area contributed by atoms with E-state index in [0.717, 1.165) is 39.2 Å². The first-order valence-electron chi connectivity index (χ1n) is 16.7. The third kappa shape index (κ3) is 4.44. The maximum absolute atomic E-state index is 5.21. The van der Waals surface area contributed by atoms with Crippen LogP contribution in [0.5, 0.6) is 0 Å². The fourth-order valence-corrected chi connectivity index (χ4v) is 7.50. The van der Waals surface area contributed by atoms with E-state index in [0.29, 0.717) is 5.82 Å². The van der Waals surface area contributed by atoms with Crippen LogP contribution < -0.4 is 0 Å². The molecule has 2 aromatic heterocycles. The van der Waals surface area contributed by atoms with E-state index in [1.165, 1.54) is 48.7 Å². The van der Waals surface area contributed by atoms with Crippen molar-refractivity contribution in [1.82, 2.24) is 14.5 Å². The Morgan fingerprint density at radius 2 is 0.837 bits per heavy atom. The highest BCUT2D eigenvalue weighted by molar-refractivity contribution is 6.28. The van der Waals surface area contributed by atoms with Gasteiger partial charge >= 0.3 is 0 Å². The van der Waals surface area contributed by atoms with Crippen LogP contribution in [0, 0.1) is 0 Å². The van der Waals surface area contributed by atoms with Gasteiger partial charge in [-0.15, -0.1) is 0 Å². The highest BCUT2D eigenvalue weighted by Gasteiger charge is 2.20. The Morgan fingerprint density at radius 3 is 1.45 bits per heavy atom. The molecule has 0 fully saturated rings. The highest BCUT2D eigenvalue weighted by Crippen LogP contribution is 2.42. The second-order valence-electron chi connectivity index (χ2n) is 12.6. The lowest BCUT2D eigenvalue weighted by atomic mass is 10.00. The van der Waals surface area contributed by atoms with Gasteiger partial charge in [0.1, 0.15) is 0 Å². The Kier molecular flexibility index (Phi) is 6.18. The molecule has 0 spiro atoms. The van der Waals surface area contributed by atoms with Crippen LogP contribution in [0.2, 0.25) is 0 Å². The van der Waals surface area contributed by atoms with Gasteiger partial charge in [-0.05, 0) is 57.3 Å². The number of fused-ring (bicyclic) bond motifs is 8. The Bertz CT molecular complexity index is 2720. The number of nitrogens with zero attached hydrogens (tertiary/aromatic N) is 3. The van der Waals surface area contributed by atoms with Gasteiger partial charge in [-0.25, -0.2) is 9.97 Å². The van der Waals surface area contributed by atoms with Gasteiger partial charge in [-0.3, -0.25) is 0 Å². The van der Waals surface area contributed by atoms with E-state index in [1.54, 1.807) is 0 Å². The molecule has 2 heterocycles. The monoisotopic (exact) mass is 623 g/mol.